The van der Waals surface area contributed by atoms with E-state index in [9.17, 15) is 14.0 Å². The molecule has 154 valence electrons. The lowest BCUT2D eigenvalue weighted by Crippen LogP contribution is -2.29. The van der Waals surface area contributed by atoms with Crippen LogP contribution in [0.4, 0.5) is 4.39 Å². The highest BCUT2D eigenvalue weighted by molar-refractivity contribution is 6.30. The number of ether oxygens (including phenoxy) is 1. The zero-order chi connectivity index (χ0) is 21.8. The lowest BCUT2D eigenvalue weighted by Gasteiger charge is -2.09. The molecule has 0 aliphatic carbocycles. The summed E-state index contributed by atoms with van der Waals surface area (Å²) >= 11 is 0. The Morgan fingerprint density at radius 1 is 1.00 bits per heavy atom. The highest BCUT2D eigenvalue weighted by atomic mass is 19.1. The Kier molecular flexibility index (Phi) is 5.71. The number of carbonyl (C=O) groups is 2. The van der Waals surface area contributed by atoms with Crippen LogP contribution in [0.5, 0.6) is 5.75 Å². The largest absolute Gasteiger partial charge is 0.489 e. The molecule has 1 heterocycles. The van der Waals surface area contributed by atoms with Crippen LogP contribution in [-0.4, -0.2) is 22.5 Å². The molecule has 0 atom stereocenters. The maximum absolute atomic E-state index is 13.0. The first-order valence-electron chi connectivity index (χ1n) is 9.70. The zero-order valence-electron chi connectivity index (χ0n) is 16.8. The summed E-state index contributed by atoms with van der Waals surface area (Å²) in [6.07, 6.45) is 1.70. The standard InChI is InChI=1S/C25H19FN2O3/c1-17-23(25(30)28(27-17)24(29)20-5-3-2-4-6-20)15-18-9-13-22(14-10-18)31-16-19-7-11-21(26)12-8-19/h2-15H,16H2,1H3/b23-15+. The minimum absolute atomic E-state index is 0.287. The molecule has 0 unspecified atom stereocenters. The summed E-state index contributed by atoms with van der Waals surface area (Å²) in [5.74, 6) is -0.554. The molecule has 1 aliphatic rings. The van der Waals surface area contributed by atoms with Crippen molar-refractivity contribution in [2.75, 3.05) is 0 Å². The summed E-state index contributed by atoms with van der Waals surface area (Å²) in [5, 5.41) is 5.04. The highest BCUT2D eigenvalue weighted by Gasteiger charge is 2.32. The summed E-state index contributed by atoms with van der Waals surface area (Å²) < 4.78 is 18.7. The molecule has 0 saturated carbocycles. The van der Waals surface area contributed by atoms with Gasteiger partial charge in [-0.05, 0) is 60.5 Å². The van der Waals surface area contributed by atoms with Crippen molar-refractivity contribution < 1.29 is 18.7 Å². The number of nitrogens with zero attached hydrogens (tertiary/aromatic N) is 2. The number of hydrogen-bond donors (Lipinski definition) is 0. The minimum atomic E-state index is -0.460. The van der Waals surface area contributed by atoms with Gasteiger partial charge in [0.2, 0.25) is 0 Å². The minimum Gasteiger partial charge on any atom is -0.489 e. The van der Waals surface area contributed by atoms with Crippen molar-refractivity contribution in [2.45, 2.75) is 13.5 Å². The van der Waals surface area contributed by atoms with E-state index in [0.29, 0.717) is 29.2 Å². The Morgan fingerprint density at radius 2 is 1.68 bits per heavy atom. The van der Waals surface area contributed by atoms with E-state index in [0.717, 1.165) is 16.1 Å². The van der Waals surface area contributed by atoms with E-state index in [-0.39, 0.29) is 5.82 Å². The molecule has 3 aromatic rings. The lowest BCUT2D eigenvalue weighted by molar-refractivity contribution is -0.123. The predicted octanol–water partition coefficient (Wildman–Crippen LogP) is 4.85. The second-order valence-electron chi connectivity index (χ2n) is 7.02. The summed E-state index contributed by atoms with van der Waals surface area (Å²) in [6, 6.07) is 21.9. The van der Waals surface area contributed by atoms with Crippen LogP contribution in [0.1, 0.15) is 28.4 Å². The van der Waals surface area contributed by atoms with Gasteiger partial charge in [0.05, 0.1) is 11.3 Å². The molecule has 5 nitrogen and oxygen atoms in total. The van der Waals surface area contributed by atoms with Gasteiger partial charge in [0.1, 0.15) is 18.2 Å². The van der Waals surface area contributed by atoms with Crippen molar-refractivity contribution in [3.8, 4) is 5.75 Å². The van der Waals surface area contributed by atoms with Gasteiger partial charge in [-0.2, -0.15) is 10.1 Å². The van der Waals surface area contributed by atoms with Crippen LogP contribution < -0.4 is 4.74 Å². The first kappa shape index (κ1) is 20.2. The second kappa shape index (κ2) is 8.75. The SMILES string of the molecule is CC1=NN(C(=O)c2ccccc2)C(=O)/C1=C/c1ccc(OCc2ccc(F)cc2)cc1. The van der Waals surface area contributed by atoms with E-state index in [1.165, 1.54) is 12.1 Å². The third kappa shape index (κ3) is 4.59. The predicted molar refractivity (Wildman–Crippen MR) is 116 cm³/mol. The number of hydrogen-bond acceptors (Lipinski definition) is 4. The average Bonchev–Trinajstić information content (AvgIpc) is 3.08. The van der Waals surface area contributed by atoms with Crippen molar-refractivity contribution in [3.63, 3.8) is 0 Å². The highest BCUT2D eigenvalue weighted by Crippen LogP contribution is 2.22. The van der Waals surface area contributed by atoms with E-state index in [1.807, 2.05) is 12.1 Å². The number of amides is 2. The summed E-state index contributed by atoms with van der Waals surface area (Å²) in [7, 11) is 0. The molecule has 1 aliphatic heterocycles. The molecule has 0 fully saturated rings. The van der Waals surface area contributed by atoms with Crippen molar-refractivity contribution in [1.82, 2.24) is 5.01 Å². The summed E-state index contributed by atoms with van der Waals surface area (Å²) in [5.41, 5.74) is 2.88. The maximum atomic E-state index is 13.0. The topological polar surface area (TPSA) is 59.0 Å². The Labute approximate surface area is 179 Å². The van der Waals surface area contributed by atoms with E-state index < -0.39 is 11.8 Å². The van der Waals surface area contributed by atoms with Crippen LogP contribution >= 0.6 is 0 Å². The van der Waals surface area contributed by atoms with E-state index in [4.69, 9.17) is 4.74 Å². The molecule has 0 radical (unpaired) electrons. The first-order chi connectivity index (χ1) is 15.0. The second-order valence-corrected chi connectivity index (χ2v) is 7.02. The Bertz CT molecular complexity index is 1170. The quantitative estimate of drug-likeness (QED) is 0.443. The number of carbonyl (C=O) groups excluding carboxylic acids is 2. The molecule has 0 saturated heterocycles. The molecule has 6 heteroatoms. The average molecular weight is 414 g/mol. The van der Waals surface area contributed by atoms with E-state index in [2.05, 4.69) is 5.10 Å². The number of halogens is 1. The molecule has 0 aromatic heterocycles. The summed E-state index contributed by atoms with van der Waals surface area (Å²) in [4.78, 5) is 25.3. The molecular formula is C25H19FN2O3. The number of imide groups is 1. The maximum Gasteiger partial charge on any atom is 0.283 e. The van der Waals surface area contributed by atoms with Crippen LogP contribution in [0.2, 0.25) is 0 Å². The van der Waals surface area contributed by atoms with Crippen molar-refractivity contribution in [3.05, 3.63) is 107 Å². The molecule has 2 amide bonds. The van der Waals surface area contributed by atoms with Gasteiger partial charge < -0.3 is 4.74 Å². The molecular weight excluding hydrogens is 395 g/mol. The fourth-order valence-electron chi connectivity index (χ4n) is 3.10. The third-order valence-corrected chi connectivity index (χ3v) is 4.79. The molecule has 4 rings (SSSR count). The van der Waals surface area contributed by atoms with Gasteiger partial charge in [0.15, 0.2) is 0 Å². The van der Waals surface area contributed by atoms with E-state index in [1.54, 1.807) is 67.6 Å². The van der Waals surface area contributed by atoms with Gasteiger partial charge in [0, 0.05) is 5.56 Å². The van der Waals surface area contributed by atoms with Crippen molar-refractivity contribution >= 4 is 23.6 Å². The smallest absolute Gasteiger partial charge is 0.283 e. The Morgan fingerprint density at radius 3 is 2.35 bits per heavy atom. The lowest BCUT2D eigenvalue weighted by atomic mass is 10.1. The Hall–Kier alpha value is -4.06. The molecule has 0 spiro atoms. The van der Waals surface area contributed by atoms with Crippen LogP contribution in [0.15, 0.2) is 89.5 Å². The van der Waals surface area contributed by atoms with Crippen LogP contribution in [-0.2, 0) is 11.4 Å². The molecule has 0 N–H and O–H groups in total. The Balaban J connectivity index is 1.44. The van der Waals surface area contributed by atoms with Gasteiger partial charge in [-0.25, -0.2) is 4.39 Å². The first-order valence-corrected chi connectivity index (χ1v) is 9.70. The number of benzene rings is 3. The van der Waals surface area contributed by atoms with Crippen LogP contribution in [0.25, 0.3) is 6.08 Å². The van der Waals surface area contributed by atoms with E-state index >= 15 is 0 Å². The molecule has 31 heavy (non-hydrogen) atoms. The van der Waals surface area contributed by atoms with Crippen LogP contribution in [0, 0.1) is 5.82 Å². The van der Waals surface area contributed by atoms with Gasteiger partial charge >= 0.3 is 0 Å². The van der Waals surface area contributed by atoms with Crippen LogP contribution in [0.3, 0.4) is 0 Å². The van der Waals surface area contributed by atoms with Gasteiger partial charge in [-0.3, -0.25) is 9.59 Å². The number of hydrazone groups is 1. The number of rotatable bonds is 5. The van der Waals surface area contributed by atoms with Gasteiger partial charge in [-0.15, -0.1) is 0 Å². The third-order valence-electron chi connectivity index (χ3n) is 4.79. The normalized spacial score (nSPS) is 14.6. The zero-order valence-corrected chi connectivity index (χ0v) is 16.8. The van der Waals surface area contributed by atoms with Crippen molar-refractivity contribution in [1.29, 1.82) is 0 Å². The molecule has 3 aromatic carbocycles. The fourth-order valence-corrected chi connectivity index (χ4v) is 3.10. The fraction of sp³-hybridized carbons (Fsp3) is 0.0800. The summed E-state index contributed by atoms with van der Waals surface area (Å²) in [6.45, 7) is 2.02. The monoisotopic (exact) mass is 414 g/mol. The van der Waals surface area contributed by atoms with Gasteiger partial charge in [-0.1, -0.05) is 42.5 Å². The van der Waals surface area contributed by atoms with Crippen molar-refractivity contribution in [2.24, 2.45) is 5.10 Å². The molecule has 0 bridgehead atoms. The van der Waals surface area contributed by atoms with Gasteiger partial charge in [0.25, 0.3) is 11.8 Å².